The lowest BCUT2D eigenvalue weighted by atomic mass is 10.1. The zero-order valence-corrected chi connectivity index (χ0v) is 12.6. The fraction of sp³-hybridized carbons (Fsp3) is 0.429. The number of carbonyl (C=O) groups excluding carboxylic acids is 1. The van der Waals surface area contributed by atoms with Crippen molar-refractivity contribution in [3.8, 4) is 5.75 Å². The third kappa shape index (κ3) is 2.85. The zero-order valence-electron chi connectivity index (χ0n) is 11.8. The topological polar surface area (TPSA) is 77.7 Å². The largest absolute Gasteiger partial charge is 0.494 e. The Morgan fingerprint density at radius 3 is 2.90 bits per heavy atom. The van der Waals surface area contributed by atoms with Crippen LogP contribution in [0.15, 0.2) is 12.1 Å². The Labute approximate surface area is 126 Å². The van der Waals surface area contributed by atoms with Crippen LogP contribution in [0.3, 0.4) is 0 Å². The molecule has 1 aliphatic rings. The van der Waals surface area contributed by atoms with Crippen LogP contribution in [0.5, 0.6) is 5.75 Å². The molecule has 2 heterocycles. The number of nitrogens with two attached hydrogens (primary N) is 1. The van der Waals surface area contributed by atoms with Crippen molar-refractivity contribution >= 4 is 27.5 Å². The molecular formula is C14H17N3O3S. The van der Waals surface area contributed by atoms with Gasteiger partial charge in [0.2, 0.25) is 0 Å². The molecule has 0 spiro atoms. The number of benzene rings is 1. The van der Waals surface area contributed by atoms with Crippen LogP contribution in [-0.4, -0.2) is 49.2 Å². The molecule has 1 saturated heterocycles. The summed E-state index contributed by atoms with van der Waals surface area (Å²) in [4.78, 5) is 18.0. The van der Waals surface area contributed by atoms with E-state index in [1.54, 1.807) is 7.11 Å². The van der Waals surface area contributed by atoms with Crippen LogP contribution in [0.4, 0.5) is 0 Å². The van der Waals surface area contributed by atoms with E-state index in [1.807, 2.05) is 12.1 Å². The standard InChI is InChI=1S/C14H17N3O3S/c1-19-10-3-2-9(8-17-4-6-20-7-5-17)12-11(10)16-14(21-12)13(15)18/h2-3H,4-8H2,1H3,(H2,15,18). The Balaban J connectivity index is 1.99. The first-order valence-corrected chi connectivity index (χ1v) is 7.57. The highest BCUT2D eigenvalue weighted by Crippen LogP contribution is 2.33. The summed E-state index contributed by atoms with van der Waals surface area (Å²) < 4.78 is 11.7. The van der Waals surface area contributed by atoms with E-state index in [4.69, 9.17) is 15.2 Å². The number of carbonyl (C=O) groups is 1. The van der Waals surface area contributed by atoms with Crippen molar-refractivity contribution < 1.29 is 14.3 Å². The van der Waals surface area contributed by atoms with Crippen molar-refractivity contribution in [3.05, 3.63) is 22.7 Å². The number of rotatable bonds is 4. The summed E-state index contributed by atoms with van der Waals surface area (Å²) >= 11 is 1.33. The second kappa shape index (κ2) is 5.97. The predicted molar refractivity (Wildman–Crippen MR) is 80.8 cm³/mol. The van der Waals surface area contributed by atoms with Crippen molar-refractivity contribution in [3.63, 3.8) is 0 Å². The second-order valence-electron chi connectivity index (χ2n) is 4.88. The van der Waals surface area contributed by atoms with Crippen molar-refractivity contribution in [1.82, 2.24) is 9.88 Å². The Morgan fingerprint density at radius 2 is 2.24 bits per heavy atom. The lowest BCUT2D eigenvalue weighted by molar-refractivity contribution is 0.0344. The monoisotopic (exact) mass is 307 g/mol. The van der Waals surface area contributed by atoms with E-state index in [0.717, 1.165) is 43.1 Å². The molecular weight excluding hydrogens is 290 g/mol. The number of ether oxygens (including phenoxy) is 2. The summed E-state index contributed by atoms with van der Waals surface area (Å²) in [5.74, 6) is 0.162. The van der Waals surface area contributed by atoms with Crippen molar-refractivity contribution in [1.29, 1.82) is 0 Å². The van der Waals surface area contributed by atoms with E-state index in [1.165, 1.54) is 11.3 Å². The van der Waals surface area contributed by atoms with Gasteiger partial charge in [-0.25, -0.2) is 4.98 Å². The number of fused-ring (bicyclic) bond motifs is 1. The molecule has 1 aromatic heterocycles. The average molecular weight is 307 g/mol. The van der Waals surface area contributed by atoms with Crippen LogP contribution in [0.1, 0.15) is 15.4 Å². The molecule has 1 aliphatic heterocycles. The molecule has 7 heteroatoms. The molecule has 0 saturated carbocycles. The van der Waals surface area contributed by atoms with Gasteiger partial charge in [0.25, 0.3) is 5.91 Å². The predicted octanol–water partition coefficient (Wildman–Crippen LogP) is 1.24. The molecule has 21 heavy (non-hydrogen) atoms. The van der Waals surface area contributed by atoms with E-state index >= 15 is 0 Å². The minimum absolute atomic E-state index is 0.317. The molecule has 1 aromatic carbocycles. The van der Waals surface area contributed by atoms with E-state index in [2.05, 4.69) is 9.88 Å². The number of primary amides is 1. The number of morpholine rings is 1. The maximum atomic E-state index is 11.4. The van der Waals surface area contributed by atoms with Crippen molar-refractivity contribution in [2.24, 2.45) is 5.73 Å². The van der Waals surface area contributed by atoms with Gasteiger partial charge >= 0.3 is 0 Å². The first-order chi connectivity index (χ1) is 10.2. The lowest BCUT2D eigenvalue weighted by Crippen LogP contribution is -2.35. The first kappa shape index (κ1) is 14.2. The van der Waals surface area contributed by atoms with Crippen LogP contribution < -0.4 is 10.5 Å². The molecule has 3 rings (SSSR count). The molecule has 112 valence electrons. The van der Waals surface area contributed by atoms with Gasteiger partial charge < -0.3 is 15.2 Å². The molecule has 2 aromatic rings. The Hall–Kier alpha value is -1.70. The smallest absolute Gasteiger partial charge is 0.277 e. The highest BCUT2D eigenvalue weighted by Gasteiger charge is 2.18. The van der Waals surface area contributed by atoms with Crippen LogP contribution in [-0.2, 0) is 11.3 Å². The van der Waals surface area contributed by atoms with Crippen LogP contribution in [0, 0.1) is 0 Å². The number of hydrogen-bond donors (Lipinski definition) is 1. The lowest BCUT2D eigenvalue weighted by Gasteiger charge is -2.26. The number of thiazole rings is 1. The average Bonchev–Trinajstić information content (AvgIpc) is 2.94. The first-order valence-electron chi connectivity index (χ1n) is 6.75. The van der Waals surface area contributed by atoms with Gasteiger partial charge in [0.1, 0.15) is 11.3 Å². The Morgan fingerprint density at radius 1 is 1.48 bits per heavy atom. The van der Waals surface area contributed by atoms with Gasteiger partial charge in [-0.2, -0.15) is 0 Å². The summed E-state index contributed by atoms with van der Waals surface area (Å²) in [5, 5.41) is 0.317. The summed E-state index contributed by atoms with van der Waals surface area (Å²) in [6, 6.07) is 3.92. The summed E-state index contributed by atoms with van der Waals surface area (Å²) in [7, 11) is 1.60. The number of nitrogens with zero attached hydrogens (tertiary/aromatic N) is 2. The maximum Gasteiger partial charge on any atom is 0.277 e. The van der Waals surface area contributed by atoms with Gasteiger partial charge in [0, 0.05) is 19.6 Å². The summed E-state index contributed by atoms with van der Waals surface area (Å²) in [6.07, 6.45) is 0. The fourth-order valence-electron chi connectivity index (χ4n) is 2.43. The van der Waals surface area contributed by atoms with Gasteiger partial charge in [-0.15, -0.1) is 11.3 Å². The molecule has 0 unspecified atom stereocenters. The van der Waals surface area contributed by atoms with E-state index in [9.17, 15) is 4.79 Å². The molecule has 1 amide bonds. The molecule has 0 aliphatic carbocycles. The van der Waals surface area contributed by atoms with Crippen molar-refractivity contribution in [2.75, 3.05) is 33.4 Å². The van der Waals surface area contributed by atoms with Gasteiger partial charge in [0.15, 0.2) is 5.01 Å². The molecule has 6 nitrogen and oxygen atoms in total. The van der Waals surface area contributed by atoms with Gasteiger partial charge in [-0.05, 0) is 11.6 Å². The Bertz CT molecular complexity index is 665. The molecule has 0 radical (unpaired) electrons. The summed E-state index contributed by atoms with van der Waals surface area (Å²) in [5.41, 5.74) is 7.19. The van der Waals surface area contributed by atoms with Crippen molar-refractivity contribution in [2.45, 2.75) is 6.54 Å². The minimum Gasteiger partial charge on any atom is -0.494 e. The summed E-state index contributed by atoms with van der Waals surface area (Å²) in [6.45, 7) is 4.15. The van der Waals surface area contributed by atoms with E-state index < -0.39 is 5.91 Å². The van der Waals surface area contributed by atoms with Crippen LogP contribution in [0.2, 0.25) is 0 Å². The van der Waals surface area contributed by atoms with Crippen LogP contribution >= 0.6 is 11.3 Å². The van der Waals surface area contributed by atoms with Crippen LogP contribution in [0.25, 0.3) is 10.2 Å². The minimum atomic E-state index is -0.504. The third-order valence-electron chi connectivity index (χ3n) is 3.52. The highest BCUT2D eigenvalue weighted by molar-refractivity contribution is 7.20. The molecule has 1 fully saturated rings. The van der Waals surface area contributed by atoms with Gasteiger partial charge in [-0.3, -0.25) is 9.69 Å². The number of amides is 1. The fourth-order valence-corrected chi connectivity index (χ4v) is 3.37. The van der Waals surface area contributed by atoms with Gasteiger partial charge in [0.05, 0.1) is 25.0 Å². The number of hydrogen-bond acceptors (Lipinski definition) is 6. The molecule has 2 N–H and O–H groups in total. The third-order valence-corrected chi connectivity index (χ3v) is 4.66. The van der Waals surface area contributed by atoms with E-state index in [0.29, 0.717) is 16.3 Å². The van der Waals surface area contributed by atoms with E-state index in [-0.39, 0.29) is 0 Å². The second-order valence-corrected chi connectivity index (χ2v) is 5.88. The number of methoxy groups -OCH3 is 1. The quantitative estimate of drug-likeness (QED) is 0.919. The highest BCUT2D eigenvalue weighted by atomic mass is 32.1. The molecule has 0 bridgehead atoms. The number of aromatic nitrogens is 1. The maximum absolute atomic E-state index is 11.4. The SMILES string of the molecule is COc1ccc(CN2CCOCC2)c2sc(C(N)=O)nc12. The normalized spacial score (nSPS) is 16.2. The Kier molecular flexibility index (Phi) is 4.05. The zero-order chi connectivity index (χ0) is 14.8. The van der Waals surface area contributed by atoms with Gasteiger partial charge in [-0.1, -0.05) is 6.07 Å². The molecule has 0 atom stereocenters.